The lowest BCUT2D eigenvalue weighted by atomic mass is 9.90. The fraction of sp³-hybridized carbons (Fsp3) is 0.435. The molecule has 1 aliphatic carbocycles. The van der Waals surface area contributed by atoms with Gasteiger partial charge in [0.1, 0.15) is 12.1 Å². The number of hydrogen-bond donors (Lipinski definition) is 1. The maximum atomic E-state index is 5.50. The Labute approximate surface area is 171 Å². The number of pyridine rings is 1. The third-order valence-corrected chi connectivity index (χ3v) is 6.25. The Morgan fingerprint density at radius 2 is 1.69 bits per heavy atom. The second kappa shape index (κ2) is 8.43. The second-order valence-corrected chi connectivity index (χ2v) is 7.99. The molecule has 3 aromatic rings. The fourth-order valence-electron chi connectivity index (χ4n) is 4.62. The first-order chi connectivity index (χ1) is 14.4. The third kappa shape index (κ3) is 4.09. The summed E-state index contributed by atoms with van der Waals surface area (Å²) in [5.74, 6) is 0.945. The lowest BCUT2D eigenvalue weighted by molar-refractivity contribution is 0.00791. The monoisotopic (exact) mass is 389 g/mol. The molecular weight excluding hydrogens is 362 g/mol. The van der Waals surface area contributed by atoms with E-state index in [9.17, 15) is 0 Å². The summed E-state index contributed by atoms with van der Waals surface area (Å²) in [7, 11) is 0. The van der Waals surface area contributed by atoms with E-state index in [4.69, 9.17) is 4.74 Å². The van der Waals surface area contributed by atoms with Crippen molar-refractivity contribution < 1.29 is 4.74 Å². The summed E-state index contributed by atoms with van der Waals surface area (Å²) in [4.78, 5) is 15.8. The molecule has 0 unspecified atom stereocenters. The Morgan fingerprint density at radius 3 is 2.48 bits per heavy atom. The Morgan fingerprint density at radius 1 is 0.897 bits per heavy atom. The molecule has 2 aromatic heterocycles. The van der Waals surface area contributed by atoms with Crippen molar-refractivity contribution in [2.45, 2.75) is 37.8 Å². The van der Waals surface area contributed by atoms with Crippen LogP contribution in [0.5, 0.6) is 0 Å². The number of aromatic nitrogens is 3. The first kappa shape index (κ1) is 18.5. The smallest absolute Gasteiger partial charge is 0.137 e. The van der Waals surface area contributed by atoms with Gasteiger partial charge in [-0.3, -0.25) is 9.88 Å². The molecule has 0 amide bonds. The molecule has 2 aliphatic rings. The molecule has 2 fully saturated rings. The summed E-state index contributed by atoms with van der Waals surface area (Å²) >= 11 is 0. The van der Waals surface area contributed by atoms with Gasteiger partial charge >= 0.3 is 0 Å². The number of ether oxygens (including phenoxy) is 1. The molecular formula is C23H27N5O. The van der Waals surface area contributed by atoms with Gasteiger partial charge in [0, 0.05) is 43.0 Å². The predicted octanol–water partition coefficient (Wildman–Crippen LogP) is 3.75. The van der Waals surface area contributed by atoms with E-state index >= 15 is 0 Å². The number of morpholine rings is 1. The standard InChI is InChI=1S/C23H27N5O/c1-6-22-21(15-18(1)17-7-9-24-10-8-17)23(26-16-25-22)27-19-2-4-20(5-3-19)28-11-13-29-14-12-28/h1,6-10,15-16,19-20H,2-5,11-14H2,(H,25,26,27). The molecule has 0 radical (unpaired) electrons. The van der Waals surface area contributed by atoms with Crippen molar-refractivity contribution in [2.24, 2.45) is 0 Å². The lowest BCUT2D eigenvalue weighted by Crippen LogP contribution is -2.46. The molecule has 0 atom stereocenters. The molecule has 1 aromatic carbocycles. The highest BCUT2D eigenvalue weighted by Crippen LogP contribution is 2.30. The van der Waals surface area contributed by atoms with Crippen LogP contribution in [0.25, 0.3) is 22.0 Å². The first-order valence-electron chi connectivity index (χ1n) is 10.6. The van der Waals surface area contributed by atoms with E-state index in [1.807, 2.05) is 24.5 Å². The van der Waals surface area contributed by atoms with Crippen LogP contribution in [0, 0.1) is 0 Å². The first-order valence-corrected chi connectivity index (χ1v) is 10.6. The Balaban J connectivity index is 1.31. The average molecular weight is 390 g/mol. The van der Waals surface area contributed by atoms with Crippen molar-refractivity contribution in [3.63, 3.8) is 0 Å². The lowest BCUT2D eigenvalue weighted by Gasteiger charge is -2.39. The van der Waals surface area contributed by atoms with Crippen molar-refractivity contribution in [1.82, 2.24) is 19.9 Å². The summed E-state index contributed by atoms with van der Waals surface area (Å²) in [6.07, 6.45) is 10.2. The fourth-order valence-corrected chi connectivity index (χ4v) is 4.62. The minimum Gasteiger partial charge on any atom is -0.379 e. The molecule has 0 bridgehead atoms. The van der Waals surface area contributed by atoms with Gasteiger partial charge in [-0.05, 0) is 61.1 Å². The van der Waals surface area contributed by atoms with Gasteiger partial charge in [0.2, 0.25) is 0 Å². The minimum absolute atomic E-state index is 0.468. The van der Waals surface area contributed by atoms with Crippen molar-refractivity contribution >= 4 is 16.7 Å². The molecule has 6 nitrogen and oxygen atoms in total. The largest absolute Gasteiger partial charge is 0.379 e. The predicted molar refractivity (Wildman–Crippen MR) is 115 cm³/mol. The maximum absolute atomic E-state index is 5.50. The molecule has 1 saturated heterocycles. The minimum atomic E-state index is 0.468. The van der Waals surface area contributed by atoms with Crippen LogP contribution in [-0.2, 0) is 4.74 Å². The normalized spacial score (nSPS) is 23.2. The van der Waals surface area contributed by atoms with E-state index in [0.717, 1.165) is 54.2 Å². The van der Waals surface area contributed by atoms with Crippen molar-refractivity contribution in [3.8, 4) is 11.1 Å². The molecule has 5 rings (SSSR count). The van der Waals surface area contributed by atoms with Gasteiger partial charge in [0.15, 0.2) is 0 Å². The summed E-state index contributed by atoms with van der Waals surface area (Å²) < 4.78 is 5.50. The molecule has 29 heavy (non-hydrogen) atoms. The van der Waals surface area contributed by atoms with Crippen LogP contribution >= 0.6 is 0 Å². The van der Waals surface area contributed by atoms with E-state index < -0.39 is 0 Å². The summed E-state index contributed by atoms with van der Waals surface area (Å²) in [5.41, 5.74) is 3.29. The van der Waals surface area contributed by atoms with Gasteiger partial charge < -0.3 is 10.1 Å². The van der Waals surface area contributed by atoms with Crippen LogP contribution in [0.3, 0.4) is 0 Å². The third-order valence-electron chi connectivity index (χ3n) is 6.25. The van der Waals surface area contributed by atoms with Crippen LogP contribution in [0.4, 0.5) is 5.82 Å². The molecule has 6 heteroatoms. The van der Waals surface area contributed by atoms with Gasteiger partial charge in [-0.2, -0.15) is 0 Å². The number of nitrogens with one attached hydrogen (secondary N) is 1. The highest BCUT2D eigenvalue weighted by atomic mass is 16.5. The zero-order chi connectivity index (χ0) is 19.5. The molecule has 1 N–H and O–H groups in total. The molecule has 0 spiro atoms. The number of hydrogen-bond acceptors (Lipinski definition) is 6. The molecule has 150 valence electrons. The van der Waals surface area contributed by atoms with Gasteiger partial charge in [-0.1, -0.05) is 6.07 Å². The van der Waals surface area contributed by atoms with Gasteiger partial charge in [-0.15, -0.1) is 0 Å². The van der Waals surface area contributed by atoms with E-state index in [2.05, 4.69) is 43.4 Å². The Bertz CT molecular complexity index is 950. The Kier molecular flexibility index (Phi) is 5.37. The van der Waals surface area contributed by atoms with E-state index in [0.29, 0.717) is 12.1 Å². The number of fused-ring (bicyclic) bond motifs is 1. The van der Waals surface area contributed by atoms with E-state index in [1.54, 1.807) is 6.33 Å². The zero-order valence-corrected chi connectivity index (χ0v) is 16.6. The molecule has 3 heterocycles. The highest BCUT2D eigenvalue weighted by molar-refractivity contribution is 5.92. The van der Waals surface area contributed by atoms with Crippen molar-refractivity contribution in [2.75, 3.05) is 31.6 Å². The molecule has 1 aliphatic heterocycles. The van der Waals surface area contributed by atoms with Crippen LogP contribution < -0.4 is 5.32 Å². The van der Waals surface area contributed by atoms with Gasteiger partial charge in [0.25, 0.3) is 0 Å². The molecule has 1 saturated carbocycles. The maximum Gasteiger partial charge on any atom is 0.137 e. The summed E-state index contributed by atoms with van der Waals surface area (Å²) in [5, 5.41) is 4.80. The number of rotatable bonds is 4. The average Bonchev–Trinajstić information content (AvgIpc) is 2.81. The van der Waals surface area contributed by atoms with E-state index in [1.165, 1.54) is 25.7 Å². The van der Waals surface area contributed by atoms with Crippen molar-refractivity contribution in [1.29, 1.82) is 0 Å². The van der Waals surface area contributed by atoms with Gasteiger partial charge in [-0.25, -0.2) is 9.97 Å². The van der Waals surface area contributed by atoms with Crippen molar-refractivity contribution in [3.05, 3.63) is 49.1 Å². The quantitative estimate of drug-likeness (QED) is 0.733. The number of nitrogens with zero attached hydrogens (tertiary/aromatic N) is 4. The highest BCUT2D eigenvalue weighted by Gasteiger charge is 2.27. The number of anilines is 1. The van der Waals surface area contributed by atoms with Crippen LogP contribution in [0.2, 0.25) is 0 Å². The number of benzene rings is 1. The summed E-state index contributed by atoms with van der Waals surface area (Å²) in [6.45, 7) is 3.92. The second-order valence-electron chi connectivity index (χ2n) is 7.99. The van der Waals surface area contributed by atoms with Crippen LogP contribution in [0.15, 0.2) is 49.1 Å². The van der Waals surface area contributed by atoms with Gasteiger partial charge in [0.05, 0.1) is 18.7 Å². The Hall–Kier alpha value is -2.57. The zero-order valence-electron chi connectivity index (χ0n) is 16.6. The van der Waals surface area contributed by atoms with E-state index in [-0.39, 0.29) is 0 Å². The van der Waals surface area contributed by atoms with Crippen LogP contribution in [0.1, 0.15) is 25.7 Å². The van der Waals surface area contributed by atoms with Crippen LogP contribution in [-0.4, -0.2) is 58.2 Å². The SMILES string of the molecule is c1cc(-c2ccc3ncnc(NC4CCC(N5CCOCC5)CC4)c3c2)ccn1. The summed E-state index contributed by atoms with van der Waals surface area (Å²) in [6, 6.07) is 11.6. The topological polar surface area (TPSA) is 63.2 Å².